The van der Waals surface area contributed by atoms with Crippen molar-refractivity contribution in [2.45, 2.75) is 0 Å². The van der Waals surface area contributed by atoms with Crippen molar-refractivity contribution < 1.29 is 9.18 Å². The van der Waals surface area contributed by atoms with Crippen molar-refractivity contribution in [2.24, 2.45) is 12.8 Å². The molecule has 1 aromatic carbocycles. The number of anilines is 1. The van der Waals surface area contributed by atoms with Gasteiger partial charge in [0, 0.05) is 11.5 Å². The highest BCUT2D eigenvalue weighted by atomic mass is 79.9. The number of amides is 1. The van der Waals surface area contributed by atoms with Gasteiger partial charge < -0.3 is 11.1 Å². The van der Waals surface area contributed by atoms with E-state index in [0.29, 0.717) is 15.9 Å². The van der Waals surface area contributed by atoms with Crippen LogP contribution in [0.15, 0.2) is 28.9 Å². The molecule has 1 aromatic heterocycles. The van der Waals surface area contributed by atoms with E-state index < -0.39 is 11.7 Å². The molecule has 0 atom stereocenters. The van der Waals surface area contributed by atoms with E-state index in [2.05, 4.69) is 26.3 Å². The molecule has 5 nitrogen and oxygen atoms in total. The van der Waals surface area contributed by atoms with Crippen LogP contribution in [0.5, 0.6) is 0 Å². The van der Waals surface area contributed by atoms with E-state index >= 15 is 0 Å². The molecule has 1 heterocycles. The summed E-state index contributed by atoms with van der Waals surface area (Å²) in [5.41, 5.74) is 5.87. The van der Waals surface area contributed by atoms with Crippen LogP contribution in [0.25, 0.3) is 0 Å². The number of hydrogen-bond donors (Lipinski definition) is 2. The van der Waals surface area contributed by atoms with Gasteiger partial charge in [-0.1, -0.05) is 18.3 Å². The Hall–Kier alpha value is -1.80. The zero-order valence-corrected chi connectivity index (χ0v) is 12.8. The second kappa shape index (κ2) is 5.68. The highest BCUT2D eigenvalue weighted by Crippen LogP contribution is 2.22. The number of thiocarbonyl (C=S) groups is 1. The molecule has 0 aliphatic heterocycles. The maximum Gasteiger partial charge on any atom is 0.260 e. The number of benzene rings is 1. The van der Waals surface area contributed by atoms with E-state index in [0.717, 1.165) is 0 Å². The van der Waals surface area contributed by atoms with Crippen molar-refractivity contribution in [3.05, 3.63) is 45.8 Å². The molecule has 8 heteroatoms. The molecule has 0 radical (unpaired) electrons. The van der Waals surface area contributed by atoms with Gasteiger partial charge >= 0.3 is 0 Å². The molecule has 0 bridgehead atoms. The van der Waals surface area contributed by atoms with Gasteiger partial charge in [0.1, 0.15) is 16.6 Å². The zero-order valence-electron chi connectivity index (χ0n) is 10.4. The van der Waals surface area contributed by atoms with E-state index in [1.165, 1.54) is 23.0 Å². The third kappa shape index (κ3) is 2.70. The molecule has 0 spiro atoms. The third-order valence-electron chi connectivity index (χ3n) is 2.63. The van der Waals surface area contributed by atoms with Gasteiger partial charge in [-0.2, -0.15) is 5.10 Å². The number of nitrogens with two attached hydrogens (primary N) is 1. The van der Waals surface area contributed by atoms with Crippen LogP contribution in [0.3, 0.4) is 0 Å². The first-order valence-corrected chi connectivity index (χ1v) is 6.69. The average molecular weight is 357 g/mol. The summed E-state index contributed by atoms with van der Waals surface area (Å²) in [4.78, 5) is 12.3. The minimum Gasteiger partial charge on any atom is -0.389 e. The van der Waals surface area contributed by atoms with Crippen LogP contribution in [0.2, 0.25) is 0 Å². The van der Waals surface area contributed by atoms with Crippen molar-refractivity contribution in [2.75, 3.05) is 5.32 Å². The normalized spacial score (nSPS) is 10.3. The second-order valence-corrected chi connectivity index (χ2v) is 5.24. The van der Waals surface area contributed by atoms with Crippen LogP contribution in [0.1, 0.15) is 15.9 Å². The molecule has 2 aromatic rings. The first-order valence-electron chi connectivity index (χ1n) is 5.49. The molecule has 20 heavy (non-hydrogen) atoms. The Labute approximate surface area is 128 Å². The molecule has 0 fully saturated rings. The fourth-order valence-corrected chi connectivity index (χ4v) is 2.32. The molecular formula is C12H10BrFN4OS. The lowest BCUT2D eigenvalue weighted by molar-refractivity contribution is 0.102. The average Bonchev–Trinajstić information content (AvgIpc) is 2.71. The molecule has 104 valence electrons. The largest absolute Gasteiger partial charge is 0.389 e. The van der Waals surface area contributed by atoms with E-state index in [-0.39, 0.29) is 10.6 Å². The first-order chi connectivity index (χ1) is 9.41. The number of hydrogen-bond acceptors (Lipinski definition) is 3. The van der Waals surface area contributed by atoms with Crippen LogP contribution in [0, 0.1) is 5.82 Å². The Morgan fingerprint density at radius 2 is 2.25 bits per heavy atom. The molecule has 0 aliphatic carbocycles. The van der Waals surface area contributed by atoms with E-state index in [9.17, 15) is 9.18 Å². The Morgan fingerprint density at radius 3 is 2.85 bits per heavy atom. The summed E-state index contributed by atoms with van der Waals surface area (Å²) in [5.74, 6) is -0.926. The lowest BCUT2D eigenvalue weighted by Crippen LogP contribution is -2.20. The SMILES string of the molecule is Cn1ncc(C(N)=S)c1NC(=O)c1c(F)cccc1Br. The summed E-state index contributed by atoms with van der Waals surface area (Å²) in [6, 6.07) is 4.29. The summed E-state index contributed by atoms with van der Waals surface area (Å²) in [5, 5.41) is 6.52. The fraction of sp³-hybridized carbons (Fsp3) is 0.0833. The molecule has 0 unspecified atom stereocenters. The van der Waals surface area contributed by atoms with Crippen molar-refractivity contribution in [1.29, 1.82) is 0 Å². The summed E-state index contributed by atoms with van der Waals surface area (Å²) in [6.07, 6.45) is 1.44. The van der Waals surface area contributed by atoms with Gasteiger partial charge in [-0.05, 0) is 28.1 Å². The number of carbonyl (C=O) groups is 1. The van der Waals surface area contributed by atoms with Crippen molar-refractivity contribution in [3.63, 3.8) is 0 Å². The van der Waals surface area contributed by atoms with Crippen LogP contribution in [-0.2, 0) is 7.05 Å². The molecule has 1 amide bonds. The van der Waals surface area contributed by atoms with Gasteiger partial charge in [-0.25, -0.2) is 4.39 Å². The molecule has 0 aliphatic rings. The molecule has 0 saturated carbocycles. The topological polar surface area (TPSA) is 72.9 Å². The van der Waals surface area contributed by atoms with Gasteiger partial charge in [0.05, 0.1) is 17.3 Å². The van der Waals surface area contributed by atoms with Gasteiger partial charge in [0.25, 0.3) is 5.91 Å². The van der Waals surface area contributed by atoms with Crippen LogP contribution in [-0.4, -0.2) is 20.7 Å². The molecule has 0 saturated heterocycles. The van der Waals surface area contributed by atoms with Crippen molar-refractivity contribution in [1.82, 2.24) is 9.78 Å². The van der Waals surface area contributed by atoms with Crippen molar-refractivity contribution in [3.8, 4) is 0 Å². The zero-order chi connectivity index (χ0) is 14.9. The quantitative estimate of drug-likeness (QED) is 0.827. The number of aryl methyl sites for hydroxylation is 1. The number of nitrogens with zero attached hydrogens (tertiary/aromatic N) is 2. The number of aromatic nitrogens is 2. The first kappa shape index (κ1) is 14.6. The minimum absolute atomic E-state index is 0.0948. The number of carbonyl (C=O) groups excluding carboxylic acids is 1. The lowest BCUT2D eigenvalue weighted by atomic mass is 10.2. The third-order valence-corrected chi connectivity index (χ3v) is 3.51. The fourth-order valence-electron chi connectivity index (χ4n) is 1.65. The van der Waals surface area contributed by atoms with Gasteiger partial charge in [-0.15, -0.1) is 0 Å². The van der Waals surface area contributed by atoms with Gasteiger partial charge in [0.2, 0.25) is 0 Å². The van der Waals surface area contributed by atoms with Crippen molar-refractivity contribution >= 4 is 44.9 Å². The number of rotatable bonds is 3. The minimum atomic E-state index is -0.629. The summed E-state index contributed by atoms with van der Waals surface area (Å²) >= 11 is 8.02. The Bertz CT molecular complexity index is 681. The smallest absolute Gasteiger partial charge is 0.260 e. The highest BCUT2D eigenvalue weighted by Gasteiger charge is 2.19. The molecular weight excluding hydrogens is 347 g/mol. The van der Waals surface area contributed by atoms with Gasteiger partial charge in [0.15, 0.2) is 0 Å². The predicted octanol–water partition coefficient (Wildman–Crippen LogP) is 2.21. The summed E-state index contributed by atoms with van der Waals surface area (Å²) < 4.78 is 15.5. The Balaban J connectivity index is 2.38. The Morgan fingerprint density at radius 1 is 1.55 bits per heavy atom. The Kier molecular flexibility index (Phi) is 4.15. The van der Waals surface area contributed by atoms with Crippen LogP contribution in [0.4, 0.5) is 10.2 Å². The summed E-state index contributed by atoms with van der Waals surface area (Å²) in [6.45, 7) is 0. The number of nitrogens with one attached hydrogen (secondary N) is 1. The maximum absolute atomic E-state index is 13.7. The standard InChI is InChI=1S/C12H10BrFN4OS/c1-18-11(6(5-16-18)10(15)20)17-12(19)9-7(13)3-2-4-8(9)14/h2-5H,1H3,(H2,15,20)(H,17,19). The van der Waals surface area contributed by atoms with Crippen LogP contribution < -0.4 is 11.1 Å². The van der Waals surface area contributed by atoms with Gasteiger partial charge in [-0.3, -0.25) is 9.48 Å². The maximum atomic E-state index is 13.7. The van der Waals surface area contributed by atoms with E-state index in [1.54, 1.807) is 13.1 Å². The number of halogens is 2. The molecule has 3 N–H and O–H groups in total. The predicted molar refractivity (Wildman–Crippen MR) is 81.1 cm³/mol. The molecule has 2 rings (SSSR count). The second-order valence-electron chi connectivity index (χ2n) is 3.95. The lowest BCUT2D eigenvalue weighted by Gasteiger charge is -2.09. The van der Waals surface area contributed by atoms with E-state index in [1.807, 2.05) is 0 Å². The monoisotopic (exact) mass is 356 g/mol. The summed E-state index contributed by atoms with van der Waals surface area (Å²) in [7, 11) is 1.62. The highest BCUT2D eigenvalue weighted by molar-refractivity contribution is 9.10. The van der Waals surface area contributed by atoms with Crippen LogP contribution >= 0.6 is 28.1 Å². The van der Waals surface area contributed by atoms with E-state index in [4.69, 9.17) is 18.0 Å².